The topological polar surface area (TPSA) is 61.7 Å². The highest BCUT2D eigenvalue weighted by Crippen LogP contribution is 2.24. The number of phenolic OH excluding ortho intramolecular Hbond substituents is 1. The number of benzene rings is 4. The molecule has 4 nitrogen and oxygen atoms in total. The van der Waals surface area contributed by atoms with E-state index in [0.717, 1.165) is 41.2 Å². The molecule has 0 aliphatic rings. The molecule has 0 saturated heterocycles. The molecule has 4 aromatic rings. The number of carbonyl (C=O) groups is 1. The van der Waals surface area contributed by atoms with Gasteiger partial charge in [-0.1, -0.05) is 84.1 Å². The van der Waals surface area contributed by atoms with E-state index in [1.54, 1.807) is 6.21 Å². The summed E-state index contributed by atoms with van der Waals surface area (Å²) in [5.74, 6) is 6.12. The molecule has 0 saturated carbocycles. The number of fused-ring (bicyclic) bond motifs is 1. The number of phenols is 1. The van der Waals surface area contributed by atoms with Crippen LogP contribution in [0.4, 0.5) is 0 Å². The quantitative estimate of drug-likeness (QED) is 0.151. The SMILES string of the molecule is O=C(NN=Cc1ccc(C#CCCCc2ccccc2)c2ccccc12)c1ccc(O)c(Cl)c1. The van der Waals surface area contributed by atoms with E-state index in [-0.39, 0.29) is 10.8 Å². The maximum Gasteiger partial charge on any atom is 0.271 e. The van der Waals surface area contributed by atoms with Crippen LogP contribution in [0, 0.1) is 11.8 Å². The van der Waals surface area contributed by atoms with Crippen LogP contribution in [-0.4, -0.2) is 17.2 Å². The second-order valence-electron chi connectivity index (χ2n) is 7.75. The molecule has 0 radical (unpaired) electrons. The minimum Gasteiger partial charge on any atom is -0.506 e. The lowest BCUT2D eigenvalue weighted by atomic mass is 10.00. The van der Waals surface area contributed by atoms with E-state index in [1.165, 1.54) is 23.8 Å². The summed E-state index contributed by atoms with van der Waals surface area (Å²) in [7, 11) is 0. The van der Waals surface area contributed by atoms with Crippen LogP contribution in [0.5, 0.6) is 5.75 Å². The Morgan fingerprint density at radius 1 is 0.971 bits per heavy atom. The molecule has 0 bridgehead atoms. The van der Waals surface area contributed by atoms with Gasteiger partial charge in [-0.15, -0.1) is 0 Å². The van der Waals surface area contributed by atoms with Gasteiger partial charge in [-0.2, -0.15) is 5.10 Å². The van der Waals surface area contributed by atoms with E-state index in [2.05, 4.69) is 46.6 Å². The summed E-state index contributed by atoms with van der Waals surface area (Å²) in [6, 6.07) is 26.6. The van der Waals surface area contributed by atoms with E-state index < -0.39 is 5.91 Å². The van der Waals surface area contributed by atoms with Gasteiger partial charge in [0.05, 0.1) is 11.2 Å². The van der Waals surface area contributed by atoms with Crippen LogP contribution in [0.2, 0.25) is 5.02 Å². The monoisotopic (exact) mass is 466 g/mol. The number of hydrazone groups is 1. The van der Waals surface area contributed by atoms with Crippen molar-refractivity contribution >= 4 is 34.5 Å². The highest BCUT2D eigenvalue weighted by molar-refractivity contribution is 6.32. The molecule has 0 atom stereocenters. The third kappa shape index (κ3) is 5.83. The van der Waals surface area contributed by atoms with Gasteiger partial charge >= 0.3 is 0 Å². The molecule has 0 aliphatic carbocycles. The van der Waals surface area contributed by atoms with E-state index >= 15 is 0 Å². The number of rotatable bonds is 6. The van der Waals surface area contributed by atoms with Crippen LogP contribution in [0.3, 0.4) is 0 Å². The molecule has 0 unspecified atom stereocenters. The number of halogens is 1. The molecule has 4 aromatic carbocycles. The summed E-state index contributed by atoms with van der Waals surface area (Å²) >= 11 is 5.87. The van der Waals surface area contributed by atoms with Crippen LogP contribution < -0.4 is 5.43 Å². The van der Waals surface area contributed by atoms with Crippen molar-refractivity contribution in [2.45, 2.75) is 19.3 Å². The van der Waals surface area contributed by atoms with Gasteiger partial charge in [-0.05, 0) is 53.4 Å². The summed E-state index contributed by atoms with van der Waals surface area (Å²) in [6.45, 7) is 0. The van der Waals surface area contributed by atoms with Crippen LogP contribution >= 0.6 is 11.6 Å². The van der Waals surface area contributed by atoms with Gasteiger partial charge < -0.3 is 5.11 Å². The number of hydrogen-bond donors (Lipinski definition) is 2. The fraction of sp³-hybridized carbons (Fsp3) is 0.103. The Morgan fingerprint density at radius 3 is 2.53 bits per heavy atom. The number of carbonyl (C=O) groups excluding carboxylic acids is 1. The average molecular weight is 467 g/mol. The molecule has 5 heteroatoms. The molecule has 34 heavy (non-hydrogen) atoms. The van der Waals surface area contributed by atoms with Gasteiger partial charge in [0.25, 0.3) is 5.91 Å². The Labute approximate surface area is 203 Å². The first-order chi connectivity index (χ1) is 16.6. The molecule has 0 fully saturated rings. The van der Waals surface area contributed by atoms with E-state index in [0.29, 0.717) is 5.56 Å². The molecule has 1 amide bonds. The van der Waals surface area contributed by atoms with E-state index in [1.807, 2.05) is 42.5 Å². The Hall–Kier alpha value is -4.07. The van der Waals surface area contributed by atoms with Crippen molar-refractivity contribution in [2.24, 2.45) is 5.10 Å². The van der Waals surface area contributed by atoms with Crippen LogP contribution in [0.15, 0.2) is 90.0 Å². The number of nitrogens with one attached hydrogen (secondary N) is 1. The molecule has 0 spiro atoms. The van der Waals surface area contributed by atoms with Crippen molar-refractivity contribution in [1.29, 1.82) is 0 Å². The number of unbranched alkanes of at least 4 members (excludes halogenated alkanes) is 1. The normalized spacial score (nSPS) is 10.7. The molecular weight excluding hydrogens is 444 g/mol. The lowest BCUT2D eigenvalue weighted by molar-refractivity contribution is 0.0955. The van der Waals surface area contributed by atoms with Gasteiger partial charge in [0.2, 0.25) is 0 Å². The van der Waals surface area contributed by atoms with Crippen molar-refractivity contribution in [3.63, 3.8) is 0 Å². The fourth-order valence-electron chi connectivity index (χ4n) is 3.60. The second-order valence-corrected chi connectivity index (χ2v) is 8.16. The molecule has 0 aliphatic heterocycles. The molecule has 168 valence electrons. The van der Waals surface area contributed by atoms with Crippen LogP contribution in [0.1, 0.15) is 39.9 Å². The Bertz CT molecular complexity index is 1400. The molecular formula is C29H23ClN2O2. The Kier molecular flexibility index (Phi) is 7.60. The summed E-state index contributed by atoms with van der Waals surface area (Å²) < 4.78 is 0. The zero-order valence-corrected chi connectivity index (χ0v) is 19.2. The summed E-state index contributed by atoms with van der Waals surface area (Å²) in [4.78, 5) is 12.3. The molecule has 0 heterocycles. The first-order valence-corrected chi connectivity index (χ1v) is 11.4. The van der Waals surface area contributed by atoms with Gasteiger partial charge in [-0.3, -0.25) is 4.79 Å². The number of aryl methyl sites for hydroxylation is 1. The Balaban J connectivity index is 1.44. The maximum atomic E-state index is 12.3. The minimum absolute atomic E-state index is 0.0763. The van der Waals surface area contributed by atoms with Crippen LogP contribution in [-0.2, 0) is 6.42 Å². The van der Waals surface area contributed by atoms with Crippen molar-refractivity contribution in [2.75, 3.05) is 0 Å². The van der Waals surface area contributed by atoms with E-state index in [4.69, 9.17) is 11.6 Å². The lowest BCUT2D eigenvalue weighted by Gasteiger charge is -2.05. The first-order valence-electron chi connectivity index (χ1n) is 11.0. The van der Waals surface area contributed by atoms with Crippen molar-refractivity contribution in [1.82, 2.24) is 5.43 Å². The number of hydrogen-bond acceptors (Lipinski definition) is 3. The van der Waals surface area contributed by atoms with Gasteiger partial charge in [0.1, 0.15) is 5.75 Å². The summed E-state index contributed by atoms with van der Waals surface area (Å²) in [5, 5.41) is 15.8. The number of nitrogens with zero attached hydrogens (tertiary/aromatic N) is 1. The predicted octanol–water partition coefficient (Wildman–Crippen LogP) is 6.34. The lowest BCUT2D eigenvalue weighted by Crippen LogP contribution is -2.17. The zero-order chi connectivity index (χ0) is 23.8. The minimum atomic E-state index is -0.416. The first kappa shape index (κ1) is 23.1. The molecule has 4 rings (SSSR count). The third-order valence-electron chi connectivity index (χ3n) is 5.37. The van der Waals surface area contributed by atoms with Gasteiger partial charge in [0.15, 0.2) is 0 Å². The molecule has 2 N–H and O–H groups in total. The molecule has 0 aromatic heterocycles. The van der Waals surface area contributed by atoms with Crippen LogP contribution in [0.25, 0.3) is 10.8 Å². The van der Waals surface area contributed by atoms with Gasteiger partial charge in [0, 0.05) is 23.1 Å². The number of aromatic hydroxyl groups is 1. The second kappa shape index (κ2) is 11.2. The van der Waals surface area contributed by atoms with E-state index in [9.17, 15) is 9.90 Å². The summed E-state index contributed by atoms with van der Waals surface area (Å²) in [6.07, 6.45) is 4.48. The van der Waals surface area contributed by atoms with Gasteiger partial charge in [-0.25, -0.2) is 5.43 Å². The average Bonchev–Trinajstić information content (AvgIpc) is 2.87. The zero-order valence-electron chi connectivity index (χ0n) is 18.5. The van der Waals surface area contributed by atoms with Crippen molar-refractivity contribution < 1.29 is 9.90 Å². The van der Waals surface area contributed by atoms with Crippen molar-refractivity contribution in [3.8, 4) is 17.6 Å². The largest absolute Gasteiger partial charge is 0.506 e. The maximum absolute atomic E-state index is 12.3. The highest BCUT2D eigenvalue weighted by Gasteiger charge is 2.08. The highest BCUT2D eigenvalue weighted by atomic mass is 35.5. The van der Waals surface area contributed by atoms with Crippen molar-refractivity contribution in [3.05, 3.63) is 112 Å². The standard InChI is InChI=1S/C29H23ClN2O2/c30-27-19-23(17-18-28(27)33)29(34)32-31-20-24-16-15-22(25-13-7-8-14-26(24)25)12-6-2-5-11-21-9-3-1-4-10-21/h1,3-4,7-10,13-20,33H,2,5,11H2,(H,32,34). The third-order valence-corrected chi connectivity index (χ3v) is 5.67. The predicted molar refractivity (Wildman–Crippen MR) is 138 cm³/mol. The number of amides is 1. The smallest absolute Gasteiger partial charge is 0.271 e. The summed E-state index contributed by atoms with van der Waals surface area (Å²) in [5.41, 5.74) is 5.98. The Morgan fingerprint density at radius 2 is 1.74 bits per heavy atom. The fourth-order valence-corrected chi connectivity index (χ4v) is 3.78.